The van der Waals surface area contributed by atoms with E-state index < -0.39 is 0 Å². The van der Waals surface area contributed by atoms with Crippen molar-refractivity contribution in [3.8, 4) is 0 Å². The summed E-state index contributed by atoms with van der Waals surface area (Å²) in [6, 6.07) is 0. The molecule has 0 N–H and O–H groups in total. The molecule has 2 saturated carbocycles. The first-order chi connectivity index (χ1) is 10.0. The molecule has 0 radical (unpaired) electrons. The smallest absolute Gasteiger partial charge is 0.138 e. The zero-order valence-corrected chi connectivity index (χ0v) is 13.5. The van der Waals surface area contributed by atoms with Gasteiger partial charge in [-0.1, -0.05) is 38.0 Å². The minimum atomic E-state index is 0.0720. The summed E-state index contributed by atoms with van der Waals surface area (Å²) < 4.78 is 0. The number of hydrogen-bond acceptors (Lipinski definition) is 4. The lowest BCUT2D eigenvalue weighted by Gasteiger charge is -2.23. The predicted molar refractivity (Wildman–Crippen MR) is 82.2 cm³/mol. The van der Waals surface area contributed by atoms with Gasteiger partial charge in [0.1, 0.15) is 12.2 Å². The lowest BCUT2D eigenvalue weighted by Crippen LogP contribution is -2.36. The lowest BCUT2D eigenvalue weighted by molar-refractivity contribution is 0.0244. The molecule has 0 saturated heterocycles. The number of fused-ring (bicyclic) bond motifs is 4. The number of oxime groups is 2. The van der Waals surface area contributed by atoms with Crippen molar-refractivity contribution in [3.63, 3.8) is 0 Å². The molecule has 4 nitrogen and oxygen atoms in total. The Kier molecular flexibility index (Phi) is 2.89. The maximum absolute atomic E-state index is 5.78. The lowest BCUT2D eigenvalue weighted by atomic mass is 9.77. The van der Waals surface area contributed by atoms with Crippen LogP contribution in [0.3, 0.4) is 0 Å². The molecule has 0 amide bonds. The maximum Gasteiger partial charge on any atom is 0.138 e. The molecule has 2 aliphatic carbocycles. The second-order valence-electron chi connectivity index (χ2n) is 7.95. The summed E-state index contributed by atoms with van der Waals surface area (Å²) in [6.45, 7) is 8.93. The molecule has 4 aliphatic rings. The Morgan fingerprint density at radius 1 is 0.857 bits per heavy atom. The molecule has 0 bridgehead atoms. The second kappa shape index (κ2) is 4.47. The molecule has 0 aromatic heterocycles. The Labute approximate surface area is 126 Å². The maximum atomic E-state index is 5.78. The minimum Gasteiger partial charge on any atom is -0.392 e. The number of nitrogens with zero attached hydrogens (tertiary/aromatic N) is 2. The van der Waals surface area contributed by atoms with Gasteiger partial charge < -0.3 is 9.68 Å². The zero-order chi connectivity index (χ0) is 14.8. The molecule has 0 aromatic carbocycles. The van der Waals surface area contributed by atoms with Gasteiger partial charge in [-0.2, -0.15) is 0 Å². The molecule has 4 rings (SSSR count). The van der Waals surface area contributed by atoms with Crippen LogP contribution in [0.2, 0.25) is 0 Å². The van der Waals surface area contributed by atoms with Gasteiger partial charge in [0.05, 0.1) is 16.8 Å². The monoisotopic (exact) mass is 290 g/mol. The van der Waals surface area contributed by atoms with E-state index in [1.165, 1.54) is 37.1 Å². The average Bonchev–Trinajstić information content (AvgIpc) is 3.14. The highest BCUT2D eigenvalue weighted by atomic mass is 16.6. The molecule has 2 heterocycles. The number of hydrogen-bond donors (Lipinski definition) is 0. The summed E-state index contributed by atoms with van der Waals surface area (Å²) in [7, 11) is 0. The molecule has 1 spiro atoms. The summed E-state index contributed by atoms with van der Waals surface area (Å²) in [6.07, 6.45) is 5.29. The highest BCUT2D eigenvalue weighted by Gasteiger charge is 2.62. The van der Waals surface area contributed by atoms with Crippen LogP contribution in [0.25, 0.3) is 0 Å². The van der Waals surface area contributed by atoms with Crippen LogP contribution in [0.1, 0.15) is 53.4 Å². The second-order valence-corrected chi connectivity index (χ2v) is 7.95. The highest BCUT2D eigenvalue weighted by molar-refractivity contribution is 6.16. The van der Waals surface area contributed by atoms with E-state index in [0.717, 1.165) is 0 Å². The third-order valence-corrected chi connectivity index (χ3v) is 6.10. The number of rotatable bonds is 2. The summed E-state index contributed by atoms with van der Waals surface area (Å²) in [5, 5.41) is 9.09. The first-order valence-corrected chi connectivity index (χ1v) is 8.53. The first-order valence-electron chi connectivity index (χ1n) is 8.53. The van der Waals surface area contributed by atoms with Gasteiger partial charge in [-0.25, -0.2) is 0 Å². The van der Waals surface area contributed by atoms with Crippen molar-refractivity contribution in [2.75, 3.05) is 0 Å². The van der Waals surface area contributed by atoms with Gasteiger partial charge >= 0.3 is 0 Å². The molecule has 116 valence electrons. The van der Waals surface area contributed by atoms with Crippen molar-refractivity contribution < 1.29 is 9.68 Å². The fourth-order valence-electron chi connectivity index (χ4n) is 5.06. The first kappa shape index (κ1) is 13.6. The Morgan fingerprint density at radius 2 is 1.29 bits per heavy atom. The molecule has 4 atom stereocenters. The van der Waals surface area contributed by atoms with Crippen LogP contribution in [0.15, 0.2) is 10.3 Å². The zero-order valence-electron chi connectivity index (χ0n) is 13.5. The van der Waals surface area contributed by atoms with Gasteiger partial charge in [0.25, 0.3) is 0 Å². The molecule has 0 aromatic rings. The molecule has 2 fully saturated rings. The van der Waals surface area contributed by atoms with Crippen molar-refractivity contribution in [1.29, 1.82) is 0 Å². The van der Waals surface area contributed by atoms with Crippen LogP contribution in [0.4, 0.5) is 0 Å². The SMILES string of the molecule is CC(C)C1ON=C2C1CCC21CCC2C1=NOC2C(C)C. The third kappa shape index (κ3) is 1.68. The summed E-state index contributed by atoms with van der Waals surface area (Å²) in [5.74, 6) is 2.05. The van der Waals surface area contributed by atoms with E-state index in [0.29, 0.717) is 23.7 Å². The van der Waals surface area contributed by atoms with Crippen LogP contribution in [-0.2, 0) is 9.68 Å². The quantitative estimate of drug-likeness (QED) is 0.779. The van der Waals surface area contributed by atoms with E-state index >= 15 is 0 Å². The fourth-order valence-corrected chi connectivity index (χ4v) is 5.06. The van der Waals surface area contributed by atoms with E-state index in [-0.39, 0.29) is 17.6 Å². The Hall–Kier alpha value is -1.06. The van der Waals surface area contributed by atoms with Gasteiger partial charge in [-0.3, -0.25) is 0 Å². The van der Waals surface area contributed by atoms with Gasteiger partial charge in [-0.05, 0) is 37.5 Å². The van der Waals surface area contributed by atoms with Crippen LogP contribution in [-0.4, -0.2) is 23.6 Å². The molecular weight excluding hydrogens is 264 g/mol. The average molecular weight is 290 g/mol. The highest BCUT2D eigenvalue weighted by Crippen LogP contribution is 2.57. The van der Waals surface area contributed by atoms with Gasteiger partial charge in [0, 0.05) is 11.8 Å². The van der Waals surface area contributed by atoms with E-state index in [1.54, 1.807) is 0 Å². The van der Waals surface area contributed by atoms with Crippen molar-refractivity contribution in [2.24, 2.45) is 39.4 Å². The van der Waals surface area contributed by atoms with Crippen LogP contribution >= 0.6 is 0 Å². The van der Waals surface area contributed by atoms with E-state index in [4.69, 9.17) is 9.68 Å². The van der Waals surface area contributed by atoms with Crippen molar-refractivity contribution in [2.45, 2.75) is 65.6 Å². The Bertz CT molecular complexity index is 463. The van der Waals surface area contributed by atoms with E-state index in [2.05, 4.69) is 38.0 Å². The molecule has 4 heteroatoms. The summed E-state index contributed by atoms with van der Waals surface area (Å²) in [4.78, 5) is 11.6. The van der Waals surface area contributed by atoms with E-state index in [9.17, 15) is 0 Å². The van der Waals surface area contributed by atoms with Crippen molar-refractivity contribution in [1.82, 2.24) is 0 Å². The van der Waals surface area contributed by atoms with Gasteiger partial charge in [0.2, 0.25) is 0 Å². The Balaban J connectivity index is 1.63. The largest absolute Gasteiger partial charge is 0.392 e. The Morgan fingerprint density at radius 3 is 1.67 bits per heavy atom. The van der Waals surface area contributed by atoms with Crippen LogP contribution in [0.5, 0.6) is 0 Å². The summed E-state index contributed by atoms with van der Waals surface area (Å²) in [5.41, 5.74) is 2.65. The normalized spacial score (nSPS) is 43.9. The van der Waals surface area contributed by atoms with E-state index in [1.807, 2.05) is 0 Å². The third-order valence-electron chi connectivity index (χ3n) is 6.10. The van der Waals surface area contributed by atoms with Crippen LogP contribution in [0, 0.1) is 29.1 Å². The predicted octanol–water partition coefficient (Wildman–Crippen LogP) is 3.61. The summed E-state index contributed by atoms with van der Waals surface area (Å²) >= 11 is 0. The van der Waals surface area contributed by atoms with Gasteiger partial charge in [0.15, 0.2) is 0 Å². The minimum absolute atomic E-state index is 0.0720. The van der Waals surface area contributed by atoms with Crippen molar-refractivity contribution in [3.05, 3.63) is 0 Å². The molecule has 21 heavy (non-hydrogen) atoms. The standard InChI is InChI=1S/C17H26N2O2/c1-9(2)13-11-5-7-17(15(11)18-20-13)8-6-12-14(10(3)4)21-19-16(12)17/h9-14H,5-8H2,1-4H3. The molecule has 4 unspecified atom stereocenters. The van der Waals surface area contributed by atoms with Crippen LogP contribution < -0.4 is 0 Å². The van der Waals surface area contributed by atoms with Gasteiger partial charge in [-0.15, -0.1) is 0 Å². The fraction of sp³-hybridized carbons (Fsp3) is 0.882. The van der Waals surface area contributed by atoms with Crippen molar-refractivity contribution >= 4 is 11.4 Å². The molecular formula is C17H26N2O2. The molecule has 2 aliphatic heterocycles. The topological polar surface area (TPSA) is 43.2 Å².